The van der Waals surface area contributed by atoms with Crippen LogP contribution in [0.2, 0.25) is 0 Å². The second-order valence-corrected chi connectivity index (χ2v) is 3.60. The number of nitro groups is 1. The van der Waals surface area contributed by atoms with Gasteiger partial charge in [0, 0.05) is 12.6 Å². The Morgan fingerprint density at radius 3 is 2.76 bits per heavy atom. The number of hydrogen-bond acceptors (Lipinski definition) is 4. The number of carbonyl (C=O) groups is 1. The van der Waals surface area contributed by atoms with Gasteiger partial charge in [-0.1, -0.05) is 12.2 Å². The molecule has 0 aliphatic heterocycles. The van der Waals surface area contributed by atoms with Gasteiger partial charge in [0.1, 0.15) is 11.3 Å². The zero-order valence-electron chi connectivity index (χ0n) is 9.27. The summed E-state index contributed by atoms with van der Waals surface area (Å²) in [5, 5.41) is 22.4. The number of carbonyl (C=O) groups excluding carboxylic acids is 1. The molecule has 6 nitrogen and oxygen atoms in total. The van der Waals surface area contributed by atoms with Gasteiger partial charge in [0.2, 0.25) is 0 Å². The van der Waals surface area contributed by atoms with Crippen molar-refractivity contribution in [2.24, 2.45) is 0 Å². The molecule has 1 aromatic carbocycles. The first kappa shape index (κ1) is 12.7. The zero-order chi connectivity index (χ0) is 13.0. The van der Waals surface area contributed by atoms with Gasteiger partial charge in [0.25, 0.3) is 11.6 Å². The maximum absolute atomic E-state index is 11.7. The van der Waals surface area contributed by atoms with Crippen LogP contribution in [0, 0.1) is 10.1 Å². The highest BCUT2D eigenvalue weighted by atomic mass is 16.6. The highest BCUT2D eigenvalue weighted by molar-refractivity contribution is 5.98. The van der Waals surface area contributed by atoms with Crippen LogP contribution in [0.15, 0.2) is 30.4 Å². The molecule has 1 amide bonds. The first-order chi connectivity index (χ1) is 7.91. The minimum atomic E-state index is -0.672. The largest absolute Gasteiger partial charge is 0.508 e. The molecular weight excluding hydrogens is 224 g/mol. The molecule has 0 fully saturated rings. The van der Waals surface area contributed by atoms with E-state index in [1.807, 2.05) is 0 Å². The predicted molar refractivity (Wildman–Crippen MR) is 61.9 cm³/mol. The second kappa shape index (κ2) is 5.11. The van der Waals surface area contributed by atoms with E-state index in [0.717, 1.165) is 23.8 Å². The van der Waals surface area contributed by atoms with E-state index in [1.165, 1.54) is 0 Å². The van der Waals surface area contributed by atoms with Crippen LogP contribution >= 0.6 is 0 Å². The number of nitro benzene ring substituents is 1. The predicted octanol–water partition coefficient (Wildman–Crippen LogP) is 1.61. The molecule has 0 heterocycles. The van der Waals surface area contributed by atoms with E-state index >= 15 is 0 Å². The van der Waals surface area contributed by atoms with Gasteiger partial charge in [0.05, 0.1) is 4.92 Å². The van der Waals surface area contributed by atoms with Crippen molar-refractivity contribution in [2.45, 2.75) is 6.92 Å². The molecule has 17 heavy (non-hydrogen) atoms. The average Bonchev–Trinajstić information content (AvgIpc) is 2.25. The van der Waals surface area contributed by atoms with Gasteiger partial charge in [-0.2, -0.15) is 0 Å². The first-order valence-corrected chi connectivity index (χ1v) is 4.82. The van der Waals surface area contributed by atoms with Crippen LogP contribution in [0.4, 0.5) is 5.69 Å². The molecule has 0 spiro atoms. The SMILES string of the molecule is C=C(C)CNC(=O)c1cc(O)ccc1[N+](=O)[O-]. The Kier molecular flexibility index (Phi) is 3.82. The third-order valence-electron chi connectivity index (χ3n) is 1.97. The maximum atomic E-state index is 11.7. The number of nitrogens with zero attached hydrogens (tertiary/aromatic N) is 1. The van der Waals surface area contributed by atoms with Gasteiger partial charge >= 0.3 is 0 Å². The Hall–Kier alpha value is -2.37. The van der Waals surface area contributed by atoms with Crippen LogP contribution in [-0.2, 0) is 0 Å². The number of hydrogen-bond donors (Lipinski definition) is 2. The summed E-state index contributed by atoms with van der Waals surface area (Å²) in [5.41, 5.74) is 0.208. The van der Waals surface area contributed by atoms with Crippen molar-refractivity contribution in [3.05, 3.63) is 46.0 Å². The lowest BCUT2D eigenvalue weighted by atomic mass is 10.1. The molecular formula is C11H12N2O4. The van der Waals surface area contributed by atoms with Crippen molar-refractivity contribution >= 4 is 11.6 Å². The fourth-order valence-electron chi connectivity index (χ4n) is 1.19. The molecule has 0 aromatic heterocycles. The van der Waals surface area contributed by atoms with Crippen LogP contribution in [0.3, 0.4) is 0 Å². The molecule has 90 valence electrons. The van der Waals surface area contributed by atoms with E-state index in [0.29, 0.717) is 0 Å². The molecule has 0 saturated heterocycles. The fraction of sp³-hybridized carbons (Fsp3) is 0.182. The van der Waals surface area contributed by atoms with Gasteiger partial charge in [-0.25, -0.2) is 0 Å². The normalized spacial score (nSPS) is 9.71. The van der Waals surface area contributed by atoms with Gasteiger partial charge < -0.3 is 10.4 Å². The molecule has 0 aliphatic rings. The third kappa shape index (κ3) is 3.30. The van der Waals surface area contributed by atoms with Crippen LogP contribution in [0.25, 0.3) is 0 Å². The Bertz CT molecular complexity index is 482. The van der Waals surface area contributed by atoms with Gasteiger partial charge in [0.15, 0.2) is 0 Å². The number of nitrogens with one attached hydrogen (secondary N) is 1. The maximum Gasteiger partial charge on any atom is 0.282 e. The minimum absolute atomic E-state index is 0.170. The number of rotatable bonds is 4. The number of aromatic hydroxyl groups is 1. The quantitative estimate of drug-likeness (QED) is 0.472. The Labute approximate surface area is 97.7 Å². The van der Waals surface area contributed by atoms with Crippen LogP contribution < -0.4 is 5.32 Å². The van der Waals surface area contributed by atoms with E-state index in [9.17, 15) is 20.0 Å². The summed E-state index contributed by atoms with van der Waals surface area (Å²) in [6.07, 6.45) is 0. The monoisotopic (exact) mass is 236 g/mol. The smallest absolute Gasteiger partial charge is 0.282 e. The summed E-state index contributed by atoms with van der Waals surface area (Å²) in [6, 6.07) is 3.31. The van der Waals surface area contributed by atoms with E-state index in [1.54, 1.807) is 6.92 Å². The van der Waals surface area contributed by atoms with E-state index in [4.69, 9.17) is 0 Å². The van der Waals surface area contributed by atoms with E-state index in [-0.39, 0.29) is 23.5 Å². The highest BCUT2D eigenvalue weighted by Gasteiger charge is 2.20. The fourth-order valence-corrected chi connectivity index (χ4v) is 1.19. The van der Waals surface area contributed by atoms with Crippen LogP contribution in [0.5, 0.6) is 5.75 Å². The lowest BCUT2D eigenvalue weighted by Gasteiger charge is -2.05. The third-order valence-corrected chi connectivity index (χ3v) is 1.97. The molecule has 0 bridgehead atoms. The van der Waals surface area contributed by atoms with Gasteiger partial charge in [-0.3, -0.25) is 14.9 Å². The minimum Gasteiger partial charge on any atom is -0.508 e. The van der Waals surface area contributed by atoms with E-state index < -0.39 is 10.8 Å². The first-order valence-electron chi connectivity index (χ1n) is 4.82. The molecule has 0 radical (unpaired) electrons. The number of phenols is 1. The average molecular weight is 236 g/mol. The van der Waals surface area contributed by atoms with Crippen molar-refractivity contribution < 1.29 is 14.8 Å². The zero-order valence-corrected chi connectivity index (χ0v) is 9.27. The van der Waals surface area contributed by atoms with Gasteiger partial charge in [-0.15, -0.1) is 0 Å². The number of phenolic OH excluding ortho intramolecular Hbond substituents is 1. The Morgan fingerprint density at radius 2 is 2.24 bits per heavy atom. The summed E-state index contributed by atoms with van der Waals surface area (Å²) in [4.78, 5) is 21.7. The molecule has 6 heteroatoms. The molecule has 2 N–H and O–H groups in total. The summed E-state index contributed by atoms with van der Waals surface area (Å²) in [5.74, 6) is -0.813. The molecule has 0 saturated carbocycles. The van der Waals surface area contributed by atoms with Crippen molar-refractivity contribution in [3.63, 3.8) is 0 Å². The van der Waals surface area contributed by atoms with Crippen molar-refractivity contribution in [2.75, 3.05) is 6.54 Å². The summed E-state index contributed by atoms with van der Waals surface area (Å²) in [7, 11) is 0. The highest BCUT2D eigenvalue weighted by Crippen LogP contribution is 2.23. The molecule has 1 rings (SSSR count). The molecule has 0 unspecified atom stereocenters. The lowest BCUT2D eigenvalue weighted by molar-refractivity contribution is -0.385. The Balaban J connectivity index is 3.02. The van der Waals surface area contributed by atoms with Crippen LogP contribution in [0.1, 0.15) is 17.3 Å². The van der Waals surface area contributed by atoms with E-state index in [2.05, 4.69) is 11.9 Å². The number of amides is 1. The summed E-state index contributed by atoms with van der Waals surface area (Å²) in [6.45, 7) is 5.55. The van der Waals surface area contributed by atoms with Gasteiger partial charge in [-0.05, 0) is 19.1 Å². The van der Waals surface area contributed by atoms with Crippen molar-refractivity contribution in [3.8, 4) is 5.75 Å². The lowest BCUT2D eigenvalue weighted by Crippen LogP contribution is -2.25. The van der Waals surface area contributed by atoms with Crippen LogP contribution in [-0.4, -0.2) is 22.5 Å². The standard InChI is InChI=1S/C11H12N2O4/c1-7(2)6-12-11(15)9-5-8(14)3-4-10(9)13(16)17/h3-5,14H,1,6H2,2H3,(H,12,15). The topological polar surface area (TPSA) is 92.5 Å². The van der Waals surface area contributed by atoms with Crippen molar-refractivity contribution in [1.29, 1.82) is 0 Å². The molecule has 1 aromatic rings. The molecule has 0 atom stereocenters. The second-order valence-electron chi connectivity index (χ2n) is 3.60. The Morgan fingerprint density at radius 1 is 1.59 bits per heavy atom. The summed E-state index contributed by atoms with van der Waals surface area (Å²) >= 11 is 0. The molecule has 0 aliphatic carbocycles. The van der Waals surface area contributed by atoms with Crippen molar-refractivity contribution in [1.82, 2.24) is 5.32 Å². The summed E-state index contributed by atoms with van der Waals surface area (Å²) < 4.78 is 0. The number of benzene rings is 1.